The van der Waals surface area contributed by atoms with Crippen LogP contribution >= 0.6 is 11.6 Å². The zero-order valence-electron chi connectivity index (χ0n) is 13.4. The molecule has 0 aliphatic carbocycles. The van der Waals surface area contributed by atoms with Gasteiger partial charge in [-0.15, -0.1) is 0 Å². The van der Waals surface area contributed by atoms with Gasteiger partial charge in [0.2, 0.25) is 11.8 Å². The summed E-state index contributed by atoms with van der Waals surface area (Å²) in [4.78, 5) is 24.3. The van der Waals surface area contributed by atoms with Crippen LogP contribution < -0.4 is 5.32 Å². The molecule has 3 rings (SSSR count). The highest BCUT2D eigenvalue weighted by Gasteiger charge is 2.45. The number of hydrogen-bond acceptors (Lipinski definition) is 4. The fourth-order valence-electron chi connectivity index (χ4n) is 2.98. The lowest BCUT2D eigenvalue weighted by atomic mass is 9.89. The van der Waals surface area contributed by atoms with Crippen molar-refractivity contribution in [3.63, 3.8) is 0 Å². The van der Waals surface area contributed by atoms with Gasteiger partial charge in [-0.2, -0.15) is 0 Å². The SMILES string of the molecule is Cc1ccc(S(=O)(=O)[C@H]2C(=O)NC(=O)C[C@@H]2c2ccc(Cl)cc2)cc1. The third kappa shape index (κ3) is 3.45. The van der Waals surface area contributed by atoms with Gasteiger partial charge in [0.15, 0.2) is 15.1 Å². The molecule has 2 aromatic carbocycles. The van der Waals surface area contributed by atoms with Crippen molar-refractivity contribution in [3.8, 4) is 0 Å². The van der Waals surface area contributed by atoms with E-state index in [1.807, 2.05) is 6.92 Å². The van der Waals surface area contributed by atoms with Crippen molar-refractivity contribution in [1.82, 2.24) is 5.32 Å². The highest BCUT2D eigenvalue weighted by molar-refractivity contribution is 7.92. The Balaban J connectivity index is 2.08. The second-order valence-electron chi connectivity index (χ2n) is 6.05. The zero-order chi connectivity index (χ0) is 18.2. The molecule has 1 saturated heterocycles. The molecule has 0 saturated carbocycles. The Kier molecular flexibility index (Phi) is 4.67. The van der Waals surface area contributed by atoms with Crippen LogP contribution in [0, 0.1) is 6.92 Å². The van der Waals surface area contributed by atoms with E-state index in [4.69, 9.17) is 11.6 Å². The van der Waals surface area contributed by atoms with Gasteiger partial charge in [-0.1, -0.05) is 41.4 Å². The number of imide groups is 1. The Morgan fingerprint density at radius 1 is 1.00 bits per heavy atom. The minimum atomic E-state index is -3.96. The van der Waals surface area contributed by atoms with Gasteiger partial charge in [0.25, 0.3) is 0 Å². The number of sulfone groups is 1. The molecule has 7 heteroatoms. The fraction of sp³-hybridized carbons (Fsp3) is 0.222. The molecule has 1 heterocycles. The average molecular weight is 378 g/mol. The Bertz CT molecular complexity index is 921. The second-order valence-corrected chi connectivity index (χ2v) is 8.56. The standard InChI is InChI=1S/C18H16ClNO4S/c1-11-2-8-14(9-3-11)25(23,24)17-15(10-16(21)20-18(17)22)12-4-6-13(19)7-5-12/h2-9,15,17H,10H2,1H3,(H,20,21,22)/t15-,17-/m1/s1. The molecule has 0 bridgehead atoms. The van der Waals surface area contributed by atoms with E-state index in [9.17, 15) is 18.0 Å². The summed E-state index contributed by atoms with van der Waals surface area (Å²) in [5.41, 5.74) is 1.50. The van der Waals surface area contributed by atoms with Gasteiger partial charge in [-0.3, -0.25) is 14.9 Å². The molecule has 130 valence electrons. The number of piperidine rings is 1. The van der Waals surface area contributed by atoms with E-state index in [1.54, 1.807) is 36.4 Å². The van der Waals surface area contributed by atoms with Gasteiger partial charge >= 0.3 is 0 Å². The lowest BCUT2D eigenvalue weighted by molar-refractivity contribution is -0.133. The van der Waals surface area contributed by atoms with Gasteiger partial charge in [0.1, 0.15) is 0 Å². The van der Waals surface area contributed by atoms with Crippen molar-refractivity contribution in [2.45, 2.75) is 29.4 Å². The van der Waals surface area contributed by atoms with Crippen molar-refractivity contribution in [1.29, 1.82) is 0 Å². The molecule has 0 radical (unpaired) electrons. The number of halogens is 1. The maximum absolute atomic E-state index is 13.1. The third-order valence-corrected chi connectivity index (χ3v) is 6.67. The Morgan fingerprint density at radius 3 is 2.20 bits per heavy atom. The summed E-state index contributed by atoms with van der Waals surface area (Å²) < 4.78 is 26.1. The molecule has 1 N–H and O–H groups in total. The van der Waals surface area contributed by atoms with Crippen molar-refractivity contribution in [3.05, 3.63) is 64.7 Å². The van der Waals surface area contributed by atoms with E-state index in [-0.39, 0.29) is 11.3 Å². The minimum absolute atomic E-state index is 0.0616. The highest BCUT2D eigenvalue weighted by atomic mass is 35.5. The lowest BCUT2D eigenvalue weighted by Crippen LogP contribution is -2.51. The number of rotatable bonds is 3. The molecule has 2 amide bonds. The maximum atomic E-state index is 13.1. The number of carbonyl (C=O) groups excluding carboxylic acids is 2. The quantitative estimate of drug-likeness (QED) is 0.834. The Hall–Kier alpha value is -2.18. The van der Waals surface area contributed by atoms with E-state index >= 15 is 0 Å². The second kappa shape index (κ2) is 6.61. The molecule has 1 aliphatic heterocycles. The number of benzene rings is 2. The minimum Gasteiger partial charge on any atom is -0.295 e. The van der Waals surface area contributed by atoms with Crippen molar-refractivity contribution in [2.75, 3.05) is 0 Å². The predicted molar refractivity (Wildman–Crippen MR) is 94.1 cm³/mol. The van der Waals surface area contributed by atoms with Crippen LogP contribution in [0.1, 0.15) is 23.5 Å². The molecule has 25 heavy (non-hydrogen) atoms. The topological polar surface area (TPSA) is 80.3 Å². The van der Waals surface area contributed by atoms with E-state index in [1.165, 1.54) is 12.1 Å². The number of nitrogens with one attached hydrogen (secondary N) is 1. The van der Waals surface area contributed by atoms with Gasteiger partial charge in [-0.05, 0) is 36.8 Å². The molecule has 0 aromatic heterocycles. The highest BCUT2D eigenvalue weighted by Crippen LogP contribution is 2.34. The van der Waals surface area contributed by atoms with E-state index in [2.05, 4.69) is 5.32 Å². The van der Waals surface area contributed by atoms with Gasteiger partial charge < -0.3 is 0 Å². The summed E-state index contributed by atoms with van der Waals surface area (Å²) in [5, 5.41) is 1.27. The van der Waals surface area contributed by atoms with Crippen LogP contribution in [0.25, 0.3) is 0 Å². The first-order valence-electron chi connectivity index (χ1n) is 7.69. The molecular weight excluding hydrogens is 362 g/mol. The monoisotopic (exact) mass is 377 g/mol. The molecule has 1 fully saturated rings. The van der Waals surface area contributed by atoms with Crippen LogP contribution in [0.2, 0.25) is 5.02 Å². The van der Waals surface area contributed by atoms with Crippen molar-refractivity contribution < 1.29 is 18.0 Å². The first-order chi connectivity index (χ1) is 11.8. The van der Waals surface area contributed by atoms with Crippen LogP contribution in [-0.2, 0) is 19.4 Å². The molecule has 2 atom stereocenters. The summed E-state index contributed by atoms with van der Waals surface area (Å²) in [6.07, 6.45) is -0.0802. The molecule has 0 unspecified atom stereocenters. The number of aryl methyl sites for hydroxylation is 1. The molecular formula is C18H16ClNO4S. The maximum Gasteiger partial charge on any atom is 0.245 e. The Morgan fingerprint density at radius 2 is 1.60 bits per heavy atom. The van der Waals surface area contributed by atoms with Crippen LogP contribution in [0.5, 0.6) is 0 Å². The summed E-state index contributed by atoms with van der Waals surface area (Å²) >= 11 is 5.88. The van der Waals surface area contributed by atoms with Crippen LogP contribution in [0.4, 0.5) is 0 Å². The molecule has 2 aromatic rings. The Labute approximate surface area is 150 Å². The first-order valence-corrected chi connectivity index (χ1v) is 9.61. The summed E-state index contributed by atoms with van der Waals surface area (Å²) in [6.45, 7) is 1.85. The van der Waals surface area contributed by atoms with E-state index in [0.717, 1.165) is 5.56 Å². The van der Waals surface area contributed by atoms with Crippen LogP contribution in [-0.4, -0.2) is 25.5 Å². The van der Waals surface area contributed by atoms with Crippen molar-refractivity contribution in [2.24, 2.45) is 0 Å². The molecule has 0 spiro atoms. The zero-order valence-corrected chi connectivity index (χ0v) is 15.0. The fourth-order valence-corrected chi connectivity index (χ4v) is 4.94. The van der Waals surface area contributed by atoms with E-state index < -0.39 is 32.8 Å². The summed E-state index contributed by atoms with van der Waals surface area (Å²) in [6, 6.07) is 12.8. The van der Waals surface area contributed by atoms with Crippen LogP contribution in [0.3, 0.4) is 0 Å². The number of carbonyl (C=O) groups is 2. The first kappa shape index (κ1) is 17.6. The average Bonchev–Trinajstić information content (AvgIpc) is 2.55. The van der Waals surface area contributed by atoms with Gasteiger partial charge in [0.05, 0.1) is 4.90 Å². The normalized spacial score (nSPS) is 21.0. The predicted octanol–water partition coefficient (Wildman–Crippen LogP) is 2.62. The largest absolute Gasteiger partial charge is 0.295 e. The number of amides is 2. The smallest absolute Gasteiger partial charge is 0.245 e. The molecule has 1 aliphatic rings. The van der Waals surface area contributed by atoms with Gasteiger partial charge in [0, 0.05) is 17.4 Å². The third-order valence-electron chi connectivity index (χ3n) is 4.27. The van der Waals surface area contributed by atoms with Gasteiger partial charge in [-0.25, -0.2) is 8.42 Å². The summed E-state index contributed by atoms with van der Waals surface area (Å²) in [5.74, 6) is -2.04. The van der Waals surface area contributed by atoms with E-state index in [0.29, 0.717) is 10.6 Å². The number of hydrogen-bond donors (Lipinski definition) is 1. The lowest BCUT2D eigenvalue weighted by Gasteiger charge is -2.30. The van der Waals surface area contributed by atoms with Crippen molar-refractivity contribution >= 4 is 33.3 Å². The summed E-state index contributed by atoms with van der Waals surface area (Å²) in [7, 11) is -3.96. The molecule has 5 nitrogen and oxygen atoms in total. The van der Waals surface area contributed by atoms with Crippen LogP contribution in [0.15, 0.2) is 53.4 Å².